The topological polar surface area (TPSA) is 38.1 Å². The highest BCUT2D eigenvalue weighted by atomic mass is 16.2. The minimum absolute atomic E-state index is 0.0270. The van der Waals surface area contributed by atoms with E-state index >= 15 is 0 Å². The molecule has 0 N–H and O–H groups in total. The van der Waals surface area contributed by atoms with Crippen LogP contribution in [0.1, 0.15) is 32.7 Å². The lowest BCUT2D eigenvalue weighted by Crippen LogP contribution is -2.30. The minimum Gasteiger partial charge on any atom is -0.304 e. The molecule has 0 fully saturated rings. The average molecular weight is 317 g/mol. The Bertz CT molecular complexity index is 909. The molecule has 0 bridgehead atoms. The summed E-state index contributed by atoms with van der Waals surface area (Å²) in [5.74, 6) is 0.0270. The Morgan fingerprint density at radius 3 is 2.58 bits per heavy atom. The zero-order valence-corrected chi connectivity index (χ0v) is 13.9. The van der Waals surface area contributed by atoms with E-state index in [9.17, 15) is 4.79 Å². The molecular weight excluding hydrogens is 298 g/mol. The lowest BCUT2D eigenvalue weighted by Gasteiger charge is -2.23. The predicted molar refractivity (Wildman–Crippen MR) is 94.1 cm³/mol. The van der Waals surface area contributed by atoms with Gasteiger partial charge in [0.25, 0.3) is 5.91 Å². The van der Waals surface area contributed by atoms with Gasteiger partial charge in [-0.2, -0.15) is 5.10 Å². The molecule has 1 amide bonds. The molecule has 4 heteroatoms. The SMILES string of the molecule is Cc1ccc(C(=O)N2Cc3cnn(C)c3Cc3ccccc32)cc1. The van der Waals surface area contributed by atoms with Gasteiger partial charge in [-0.15, -0.1) is 0 Å². The van der Waals surface area contributed by atoms with Gasteiger partial charge >= 0.3 is 0 Å². The van der Waals surface area contributed by atoms with E-state index in [1.807, 2.05) is 72.2 Å². The number of para-hydroxylation sites is 1. The highest BCUT2D eigenvalue weighted by Crippen LogP contribution is 2.31. The Kier molecular flexibility index (Phi) is 3.45. The molecule has 2 heterocycles. The third kappa shape index (κ3) is 2.40. The molecule has 1 aliphatic rings. The standard InChI is InChI=1S/C20H19N3O/c1-14-7-9-15(10-8-14)20(24)23-13-17-12-21-22(2)19(17)11-16-5-3-4-6-18(16)23/h3-10,12H,11,13H2,1-2H3. The smallest absolute Gasteiger partial charge is 0.258 e. The summed E-state index contributed by atoms with van der Waals surface area (Å²) in [5, 5.41) is 4.37. The van der Waals surface area contributed by atoms with Gasteiger partial charge < -0.3 is 4.90 Å². The minimum atomic E-state index is 0.0270. The van der Waals surface area contributed by atoms with Crippen LogP contribution in [-0.2, 0) is 20.0 Å². The number of hydrogen-bond acceptors (Lipinski definition) is 2. The first-order valence-electron chi connectivity index (χ1n) is 8.09. The van der Waals surface area contributed by atoms with Gasteiger partial charge in [-0.1, -0.05) is 35.9 Å². The van der Waals surface area contributed by atoms with Gasteiger partial charge in [0, 0.05) is 36.0 Å². The van der Waals surface area contributed by atoms with E-state index in [-0.39, 0.29) is 5.91 Å². The summed E-state index contributed by atoms with van der Waals surface area (Å²) in [4.78, 5) is 15.0. The molecule has 120 valence electrons. The van der Waals surface area contributed by atoms with E-state index in [0.717, 1.165) is 28.8 Å². The summed E-state index contributed by atoms with van der Waals surface area (Å²) in [5.41, 5.74) is 6.27. The van der Waals surface area contributed by atoms with Crippen molar-refractivity contribution in [2.75, 3.05) is 4.90 Å². The van der Waals surface area contributed by atoms with Crippen LogP contribution >= 0.6 is 0 Å². The largest absolute Gasteiger partial charge is 0.304 e. The summed E-state index contributed by atoms with van der Waals surface area (Å²) in [7, 11) is 1.96. The third-order valence-corrected chi connectivity index (χ3v) is 4.66. The molecule has 0 unspecified atom stereocenters. The second-order valence-electron chi connectivity index (χ2n) is 6.30. The molecule has 1 aromatic heterocycles. The number of fused-ring (bicyclic) bond motifs is 2. The van der Waals surface area contributed by atoms with E-state index in [4.69, 9.17) is 0 Å². The number of rotatable bonds is 1. The number of benzene rings is 2. The molecule has 4 rings (SSSR count). The van der Waals surface area contributed by atoms with Crippen molar-refractivity contribution in [2.24, 2.45) is 7.05 Å². The zero-order valence-electron chi connectivity index (χ0n) is 13.9. The van der Waals surface area contributed by atoms with E-state index < -0.39 is 0 Å². The van der Waals surface area contributed by atoms with Crippen LogP contribution in [0.4, 0.5) is 5.69 Å². The van der Waals surface area contributed by atoms with Crippen LogP contribution in [0.3, 0.4) is 0 Å². The van der Waals surface area contributed by atoms with Gasteiger partial charge in [0.15, 0.2) is 0 Å². The Balaban J connectivity index is 1.81. The zero-order chi connectivity index (χ0) is 16.7. The summed E-state index contributed by atoms with van der Waals surface area (Å²) in [6.07, 6.45) is 2.66. The molecule has 0 radical (unpaired) electrons. The third-order valence-electron chi connectivity index (χ3n) is 4.66. The predicted octanol–water partition coefficient (Wildman–Crippen LogP) is 3.48. The monoisotopic (exact) mass is 317 g/mol. The van der Waals surface area contributed by atoms with Crippen molar-refractivity contribution in [1.29, 1.82) is 0 Å². The summed E-state index contributed by atoms with van der Waals surface area (Å²) < 4.78 is 1.91. The fraction of sp³-hybridized carbons (Fsp3) is 0.200. The molecule has 0 aliphatic carbocycles. The van der Waals surface area contributed by atoms with E-state index in [2.05, 4.69) is 11.2 Å². The second-order valence-corrected chi connectivity index (χ2v) is 6.30. The number of nitrogens with zero attached hydrogens (tertiary/aromatic N) is 3. The second kappa shape index (κ2) is 5.64. The molecular formula is C20H19N3O. The summed E-state index contributed by atoms with van der Waals surface area (Å²) in [6.45, 7) is 2.57. The van der Waals surface area contributed by atoms with Crippen LogP contribution in [0.5, 0.6) is 0 Å². The van der Waals surface area contributed by atoms with Gasteiger partial charge in [-0.3, -0.25) is 9.48 Å². The lowest BCUT2D eigenvalue weighted by molar-refractivity contribution is 0.0985. The van der Waals surface area contributed by atoms with Crippen molar-refractivity contribution in [3.63, 3.8) is 0 Å². The summed E-state index contributed by atoms with van der Waals surface area (Å²) >= 11 is 0. The Morgan fingerprint density at radius 2 is 1.79 bits per heavy atom. The van der Waals surface area contributed by atoms with Crippen molar-refractivity contribution in [1.82, 2.24) is 9.78 Å². The van der Waals surface area contributed by atoms with Crippen LogP contribution in [0.15, 0.2) is 54.7 Å². The maximum absolute atomic E-state index is 13.1. The van der Waals surface area contributed by atoms with Gasteiger partial charge in [0.05, 0.1) is 12.7 Å². The number of aromatic nitrogens is 2. The first kappa shape index (κ1) is 14.7. The first-order chi connectivity index (χ1) is 11.6. The van der Waals surface area contributed by atoms with Crippen molar-refractivity contribution >= 4 is 11.6 Å². The maximum Gasteiger partial charge on any atom is 0.258 e. The Labute approximate surface area is 141 Å². The van der Waals surface area contributed by atoms with Crippen LogP contribution in [0.2, 0.25) is 0 Å². The highest BCUT2D eigenvalue weighted by Gasteiger charge is 2.26. The van der Waals surface area contributed by atoms with Crippen LogP contribution in [0, 0.1) is 6.92 Å². The van der Waals surface area contributed by atoms with Crippen molar-refractivity contribution in [3.05, 3.63) is 82.7 Å². The normalized spacial score (nSPS) is 13.2. The number of aryl methyl sites for hydroxylation is 2. The molecule has 0 atom stereocenters. The van der Waals surface area contributed by atoms with Gasteiger partial charge in [0.1, 0.15) is 0 Å². The quantitative estimate of drug-likeness (QED) is 0.689. The maximum atomic E-state index is 13.1. The molecule has 2 aromatic carbocycles. The molecule has 0 saturated heterocycles. The van der Waals surface area contributed by atoms with Crippen molar-refractivity contribution in [3.8, 4) is 0 Å². The average Bonchev–Trinajstić information content (AvgIpc) is 2.85. The summed E-state index contributed by atoms with van der Waals surface area (Å²) in [6, 6.07) is 15.9. The fourth-order valence-electron chi connectivity index (χ4n) is 3.26. The Morgan fingerprint density at radius 1 is 1.04 bits per heavy atom. The number of carbonyl (C=O) groups excluding carboxylic acids is 1. The van der Waals surface area contributed by atoms with Crippen molar-refractivity contribution in [2.45, 2.75) is 19.9 Å². The molecule has 1 aliphatic heterocycles. The molecule has 24 heavy (non-hydrogen) atoms. The van der Waals surface area contributed by atoms with E-state index in [0.29, 0.717) is 12.1 Å². The number of amides is 1. The first-order valence-corrected chi connectivity index (χ1v) is 8.09. The van der Waals surface area contributed by atoms with Gasteiger partial charge in [0.2, 0.25) is 0 Å². The molecule has 0 saturated carbocycles. The lowest BCUT2D eigenvalue weighted by atomic mass is 10.1. The molecule has 0 spiro atoms. The van der Waals surface area contributed by atoms with Crippen LogP contribution in [-0.4, -0.2) is 15.7 Å². The van der Waals surface area contributed by atoms with E-state index in [1.165, 1.54) is 5.69 Å². The highest BCUT2D eigenvalue weighted by molar-refractivity contribution is 6.06. The van der Waals surface area contributed by atoms with Crippen LogP contribution < -0.4 is 4.90 Å². The van der Waals surface area contributed by atoms with Gasteiger partial charge in [-0.05, 0) is 30.7 Å². The number of carbonyl (C=O) groups is 1. The van der Waals surface area contributed by atoms with Crippen molar-refractivity contribution < 1.29 is 4.79 Å². The van der Waals surface area contributed by atoms with Crippen LogP contribution in [0.25, 0.3) is 0 Å². The molecule has 4 nitrogen and oxygen atoms in total. The Hall–Kier alpha value is -2.88. The number of hydrogen-bond donors (Lipinski definition) is 0. The molecule has 3 aromatic rings. The number of anilines is 1. The van der Waals surface area contributed by atoms with Gasteiger partial charge in [-0.25, -0.2) is 0 Å². The fourth-order valence-corrected chi connectivity index (χ4v) is 3.26. The van der Waals surface area contributed by atoms with E-state index in [1.54, 1.807) is 0 Å².